The van der Waals surface area contributed by atoms with Gasteiger partial charge in [-0.2, -0.15) is 13.2 Å². The average molecular weight is 698 g/mol. The van der Waals surface area contributed by atoms with Gasteiger partial charge < -0.3 is 26.0 Å². The highest BCUT2D eigenvalue weighted by Crippen LogP contribution is 2.40. The number of nitrogens with two attached hydrogens (primary N) is 1. The van der Waals surface area contributed by atoms with E-state index in [1.165, 1.54) is 32.0 Å². The van der Waals surface area contributed by atoms with Gasteiger partial charge in [0.15, 0.2) is 16.4 Å². The quantitative estimate of drug-likeness (QED) is 0.180. The Balaban J connectivity index is 1.49. The van der Waals surface area contributed by atoms with Crippen LogP contribution in [0.2, 0.25) is 0 Å². The molecule has 0 spiro atoms. The van der Waals surface area contributed by atoms with Gasteiger partial charge in [0.1, 0.15) is 11.9 Å². The lowest BCUT2D eigenvalue weighted by Gasteiger charge is -2.31. The number of halogens is 3. The first-order chi connectivity index (χ1) is 23.2. The first-order valence-electron chi connectivity index (χ1n) is 15.3. The summed E-state index contributed by atoms with van der Waals surface area (Å²) in [5.41, 5.74) is 7.61. The Morgan fingerprint density at radius 2 is 1.73 bits per heavy atom. The molecule has 49 heavy (non-hydrogen) atoms. The van der Waals surface area contributed by atoms with E-state index in [1.807, 2.05) is 12.1 Å². The summed E-state index contributed by atoms with van der Waals surface area (Å²) < 4.78 is 68.7. The smallest absolute Gasteiger partial charge is 0.449 e. The molecule has 3 aromatic carbocycles. The Hall–Kier alpha value is -5.18. The number of fused-ring (bicyclic) bond motifs is 1. The van der Waals surface area contributed by atoms with Crippen molar-refractivity contribution in [3.05, 3.63) is 90.1 Å². The second kappa shape index (κ2) is 14.1. The maximum absolute atomic E-state index is 14.5. The molecule has 2 atom stereocenters. The van der Waals surface area contributed by atoms with Gasteiger partial charge in [-0.3, -0.25) is 9.59 Å². The first-order valence-corrected chi connectivity index (χ1v) is 16.9. The molecule has 15 heteroatoms. The molecule has 2 heterocycles. The molecule has 4 aromatic rings. The Kier molecular flexibility index (Phi) is 10.1. The van der Waals surface area contributed by atoms with Crippen LogP contribution in [0.15, 0.2) is 83.9 Å². The van der Waals surface area contributed by atoms with Gasteiger partial charge in [0.25, 0.3) is 5.91 Å². The molecule has 1 aliphatic heterocycles. The second-order valence-electron chi connectivity index (χ2n) is 11.8. The zero-order valence-electron chi connectivity index (χ0n) is 26.5. The number of pyridine rings is 1. The van der Waals surface area contributed by atoms with Crippen LogP contribution >= 0.6 is 0 Å². The Morgan fingerprint density at radius 1 is 1.02 bits per heavy atom. The third-order valence-corrected chi connectivity index (χ3v) is 10.4. The van der Waals surface area contributed by atoms with E-state index in [9.17, 15) is 36.0 Å². The van der Waals surface area contributed by atoms with Crippen molar-refractivity contribution in [2.24, 2.45) is 0 Å². The predicted octanol–water partition coefficient (Wildman–Crippen LogP) is 5.56. The zero-order chi connectivity index (χ0) is 35.5. The standard InChI is InChI=1S/C34H34F3N5O6S/c1-20(2)49(46,47)28-13-11-24(40-29(43)19-48-33(45)34(35,36)37)18-26(28)27-9-6-16-42(27)32(44)30(21-7-4-3-5-8-21)41-23-10-12-25-22(17-23)14-15-39-31(25)38/h3-5,7-8,10-15,17-18,20,27,30,41H,6,9,16,19H2,1-2H3,(H2,38,39)(H,40,43)/t27-,30+/m1/s1. The van der Waals surface area contributed by atoms with Crippen LogP contribution < -0.4 is 16.4 Å². The van der Waals surface area contributed by atoms with Gasteiger partial charge in [-0.1, -0.05) is 30.3 Å². The van der Waals surface area contributed by atoms with E-state index < -0.39 is 51.8 Å². The summed E-state index contributed by atoms with van der Waals surface area (Å²) in [6.07, 6.45) is -2.74. The maximum Gasteiger partial charge on any atom is 0.490 e. The molecule has 11 nitrogen and oxygen atoms in total. The molecule has 0 bridgehead atoms. The van der Waals surface area contributed by atoms with Gasteiger partial charge in [0, 0.05) is 29.5 Å². The number of nitrogen functional groups attached to an aromatic ring is 1. The molecule has 0 radical (unpaired) electrons. The minimum Gasteiger partial charge on any atom is -0.449 e. The van der Waals surface area contributed by atoms with Crippen molar-refractivity contribution >= 4 is 55.6 Å². The van der Waals surface area contributed by atoms with Crippen LogP contribution in [-0.4, -0.2) is 60.7 Å². The van der Waals surface area contributed by atoms with E-state index in [4.69, 9.17) is 5.73 Å². The molecule has 1 saturated heterocycles. The molecule has 1 aliphatic rings. The van der Waals surface area contributed by atoms with E-state index in [1.54, 1.807) is 53.6 Å². The summed E-state index contributed by atoms with van der Waals surface area (Å²) in [7, 11) is -3.90. The van der Waals surface area contributed by atoms with Crippen molar-refractivity contribution in [2.75, 3.05) is 29.5 Å². The maximum atomic E-state index is 14.5. The highest BCUT2D eigenvalue weighted by atomic mass is 32.2. The van der Waals surface area contributed by atoms with Gasteiger partial charge in [-0.15, -0.1) is 0 Å². The summed E-state index contributed by atoms with van der Waals surface area (Å²) in [6, 6.07) is 18.7. The molecular formula is C34H34F3N5O6S. The first kappa shape index (κ1) is 35.1. The van der Waals surface area contributed by atoms with Crippen LogP contribution in [0, 0.1) is 0 Å². The number of alkyl halides is 3. The number of anilines is 3. The van der Waals surface area contributed by atoms with Gasteiger partial charge >= 0.3 is 12.1 Å². The summed E-state index contributed by atoms with van der Waals surface area (Å²) in [5.74, 6) is -3.55. The Bertz CT molecular complexity index is 1990. The fourth-order valence-corrected chi connectivity index (χ4v) is 7.01. The molecular weight excluding hydrogens is 663 g/mol. The van der Waals surface area contributed by atoms with Crippen molar-refractivity contribution < 1.29 is 40.7 Å². The molecule has 1 aromatic heterocycles. The number of ether oxygens (including phenoxy) is 1. The number of hydrogen-bond donors (Lipinski definition) is 3. The number of carbonyl (C=O) groups is 3. The number of rotatable bonds is 10. The SMILES string of the molecule is CC(C)S(=O)(=O)c1ccc(NC(=O)COC(=O)C(F)(F)F)cc1[C@H]1CCCN1C(=O)[C@@H](Nc1ccc2c(N)nccc2c1)c1ccccc1. The highest BCUT2D eigenvalue weighted by Gasteiger charge is 2.41. The number of benzene rings is 3. The Morgan fingerprint density at radius 3 is 2.43 bits per heavy atom. The van der Waals surface area contributed by atoms with Crippen LogP contribution in [0.25, 0.3) is 10.8 Å². The molecule has 258 valence electrons. The number of nitrogens with one attached hydrogen (secondary N) is 2. The third kappa shape index (κ3) is 7.77. The topological polar surface area (TPSA) is 161 Å². The fraction of sp³-hybridized carbons (Fsp3) is 0.294. The lowest BCUT2D eigenvalue weighted by molar-refractivity contribution is -0.199. The monoisotopic (exact) mass is 697 g/mol. The average Bonchev–Trinajstić information content (AvgIpc) is 3.56. The van der Waals surface area contributed by atoms with Gasteiger partial charge in [0.2, 0.25) is 5.91 Å². The van der Waals surface area contributed by atoms with Crippen molar-refractivity contribution in [1.29, 1.82) is 0 Å². The zero-order valence-corrected chi connectivity index (χ0v) is 27.3. The van der Waals surface area contributed by atoms with Crippen LogP contribution in [0.4, 0.5) is 30.4 Å². The summed E-state index contributed by atoms with van der Waals surface area (Å²) in [5, 5.41) is 6.43. The number of hydrogen-bond acceptors (Lipinski definition) is 9. The molecule has 0 unspecified atom stereocenters. The number of aromatic nitrogens is 1. The summed E-state index contributed by atoms with van der Waals surface area (Å²) >= 11 is 0. The van der Waals surface area contributed by atoms with E-state index in [-0.39, 0.29) is 22.1 Å². The third-order valence-electron chi connectivity index (χ3n) is 8.17. The molecule has 0 aliphatic carbocycles. The van der Waals surface area contributed by atoms with Crippen LogP contribution in [0.1, 0.15) is 49.9 Å². The van der Waals surface area contributed by atoms with Gasteiger partial charge in [0.05, 0.1) is 16.2 Å². The number of nitrogens with zero attached hydrogens (tertiary/aromatic N) is 2. The van der Waals surface area contributed by atoms with Crippen molar-refractivity contribution in [1.82, 2.24) is 9.88 Å². The highest BCUT2D eigenvalue weighted by molar-refractivity contribution is 7.92. The second-order valence-corrected chi connectivity index (χ2v) is 14.3. The number of carbonyl (C=O) groups excluding carboxylic acids is 3. The summed E-state index contributed by atoms with van der Waals surface area (Å²) in [4.78, 5) is 43.7. The Labute approximate surface area is 280 Å². The van der Waals surface area contributed by atoms with Gasteiger partial charge in [-0.25, -0.2) is 18.2 Å². The molecule has 4 N–H and O–H groups in total. The molecule has 1 fully saturated rings. The van der Waals surface area contributed by atoms with Gasteiger partial charge in [-0.05, 0) is 85.7 Å². The summed E-state index contributed by atoms with van der Waals surface area (Å²) in [6.45, 7) is 2.13. The predicted molar refractivity (Wildman–Crippen MR) is 177 cm³/mol. The lowest BCUT2D eigenvalue weighted by Crippen LogP contribution is -2.38. The van der Waals surface area contributed by atoms with Crippen molar-refractivity contribution in [2.45, 2.75) is 55.1 Å². The largest absolute Gasteiger partial charge is 0.490 e. The molecule has 5 rings (SSSR count). The van der Waals surface area contributed by atoms with Crippen molar-refractivity contribution in [3.63, 3.8) is 0 Å². The normalized spacial score (nSPS) is 15.6. The number of esters is 1. The van der Waals surface area contributed by atoms with Crippen LogP contribution in [-0.2, 0) is 29.0 Å². The lowest BCUT2D eigenvalue weighted by atomic mass is 10.0. The minimum absolute atomic E-state index is 0.0429. The van der Waals surface area contributed by atoms with Crippen LogP contribution in [0.5, 0.6) is 0 Å². The molecule has 0 saturated carbocycles. The van der Waals surface area contributed by atoms with E-state index >= 15 is 0 Å². The number of amides is 2. The van der Waals surface area contributed by atoms with E-state index in [0.717, 1.165) is 10.8 Å². The van der Waals surface area contributed by atoms with E-state index in [2.05, 4.69) is 20.4 Å². The van der Waals surface area contributed by atoms with Crippen LogP contribution in [0.3, 0.4) is 0 Å². The number of sulfone groups is 1. The van der Waals surface area contributed by atoms with Crippen molar-refractivity contribution in [3.8, 4) is 0 Å². The molecule has 2 amide bonds. The fourth-order valence-electron chi connectivity index (χ4n) is 5.72. The number of likely N-dealkylation sites (tertiary alicyclic amines) is 1. The minimum atomic E-state index is -5.27. The van der Waals surface area contributed by atoms with E-state index in [0.29, 0.717) is 36.5 Å².